The lowest BCUT2D eigenvalue weighted by atomic mass is 10.3. The minimum atomic E-state index is -0.407. The topological polar surface area (TPSA) is 50.7 Å². The van der Waals surface area contributed by atoms with E-state index >= 15 is 0 Å². The highest BCUT2D eigenvalue weighted by Crippen LogP contribution is 2.22. The van der Waals surface area contributed by atoms with Gasteiger partial charge in [0.15, 0.2) is 10.8 Å². The lowest BCUT2D eigenvalue weighted by molar-refractivity contribution is 0.904. The van der Waals surface area contributed by atoms with Crippen LogP contribution in [0.1, 0.15) is 5.69 Å². The zero-order chi connectivity index (χ0) is 15.7. The minimum Gasteiger partial charge on any atom is -0.250 e. The molecule has 0 bridgehead atoms. The van der Waals surface area contributed by atoms with Crippen molar-refractivity contribution in [2.24, 2.45) is 0 Å². The maximum atomic E-state index is 12.7. The molecule has 6 heteroatoms. The number of hydrogen-bond donors (Lipinski definition) is 0. The van der Waals surface area contributed by atoms with E-state index in [0.29, 0.717) is 16.4 Å². The van der Waals surface area contributed by atoms with E-state index in [4.69, 9.17) is 23.2 Å². The summed E-state index contributed by atoms with van der Waals surface area (Å²) in [6, 6.07) is 17.5. The van der Waals surface area contributed by atoms with Gasteiger partial charge < -0.3 is 0 Å². The van der Waals surface area contributed by atoms with Crippen LogP contribution < -0.4 is 5.69 Å². The Morgan fingerprint density at radius 1 is 0.864 bits per heavy atom. The van der Waals surface area contributed by atoms with Crippen LogP contribution in [0.2, 0.25) is 10.2 Å². The lowest BCUT2D eigenvalue weighted by Crippen LogP contribution is -2.22. The summed E-state index contributed by atoms with van der Waals surface area (Å²) in [5.41, 5.74) is 0.812. The Morgan fingerprint density at radius 2 is 1.45 bits per heavy atom. The summed E-state index contributed by atoms with van der Waals surface area (Å²) in [4.78, 5) is 12.7. The number of imidazole rings is 1. The van der Waals surface area contributed by atoms with Gasteiger partial charge in [0.1, 0.15) is 6.07 Å². The van der Waals surface area contributed by atoms with Crippen LogP contribution in [0.3, 0.4) is 0 Å². The van der Waals surface area contributed by atoms with Gasteiger partial charge in [-0.25, -0.2) is 13.9 Å². The van der Waals surface area contributed by atoms with E-state index in [1.807, 2.05) is 12.1 Å². The Morgan fingerprint density at radius 3 is 2.05 bits per heavy atom. The van der Waals surface area contributed by atoms with Crippen molar-refractivity contribution in [2.45, 2.75) is 0 Å². The second kappa shape index (κ2) is 5.72. The largest absolute Gasteiger partial charge is 0.339 e. The van der Waals surface area contributed by atoms with E-state index in [0.717, 1.165) is 0 Å². The predicted octanol–water partition coefficient (Wildman–Crippen LogP) is 3.81. The van der Waals surface area contributed by atoms with Crippen molar-refractivity contribution in [3.63, 3.8) is 0 Å². The lowest BCUT2D eigenvalue weighted by Gasteiger charge is -2.03. The van der Waals surface area contributed by atoms with E-state index in [9.17, 15) is 10.1 Å². The van der Waals surface area contributed by atoms with Crippen LogP contribution in [-0.2, 0) is 0 Å². The van der Waals surface area contributed by atoms with Crippen molar-refractivity contribution in [3.05, 3.63) is 81.0 Å². The molecule has 0 spiro atoms. The van der Waals surface area contributed by atoms with Gasteiger partial charge in [-0.3, -0.25) is 0 Å². The first-order chi connectivity index (χ1) is 10.6. The zero-order valence-corrected chi connectivity index (χ0v) is 12.7. The third-order valence-corrected chi connectivity index (χ3v) is 3.80. The van der Waals surface area contributed by atoms with Gasteiger partial charge in [0.25, 0.3) is 0 Å². The Labute approximate surface area is 136 Å². The third-order valence-electron chi connectivity index (χ3n) is 3.20. The molecule has 0 N–H and O–H groups in total. The Bertz CT molecular complexity index is 919. The molecule has 0 aliphatic carbocycles. The van der Waals surface area contributed by atoms with Gasteiger partial charge in [0, 0.05) is 5.02 Å². The number of hydrogen-bond acceptors (Lipinski definition) is 2. The van der Waals surface area contributed by atoms with Crippen molar-refractivity contribution in [2.75, 3.05) is 0 Å². The Kier molecular flexibility index (Phi) is 3.76. The molecular formula is C16H9Cl2N3O. The number of nitrogens with zero attached hydrogens (tertiary/aromatic N) is 3. The van der Waals surface area contributed by atoms with Gasteiger partial charge in [-0.2, -0.15) is 5.26 Å². The molecule has 0 radical (unpaired) electrons. The maximum Gasteiger partial charge on any atom is 0.339 e. The molecule has 3 rings (SSSR count). The van der Waals surface area contributed by atoms with Crippen LogP contribution in [0.4, 0.5) is 0 Å². The molecule has 2 aromatic carbocycles. The number of benzene rings is 2. The van der Waals surface area contributed by atoms with Crippen LogP contribution in [0, 0.1) is 11.3 Å². The molecule has 0 unspecified atom stereocenters. The quantitative estimate of drug-likeness (QED) is 0.717. The minimum absolute atomic E-state index is 0.0682. The smallest absolute Gasteiger partial charge is 0.250 e. The molecule has 0 aliphatic rings. The Balaban J connectivity index is 2.31. The molecular weight excluding hydrogens is 321 g/mol. The number of rotatable bonds is 2. The van der Waals surface area contributed by atoms with Crippen molar-refractivity contribution in [1.82, 2.24) is 9.13 Å². The monoisotopic (exact) mass is 329 g/mol. The fourth-order valence-electron chi connectivity index (χ4n) is 2.20. The fourth-order valence-corrected chi connectivity index (χ4v) is 2.63. The Hall–Kier alpha value is -2.48. The van der Waals surface area contributed by atoms with Crippen LogP contribution in [0.15, 0.2) is 59.4 Å². The van der Waals surface area contributed by atoms with Gasteiger partial charge >= 0.3 is 5.69 Å². The molecule has 0 saturated heterocycles. The SMILES string of the molecule is N#Cc1c(Cl)n(-c2ccc(Cl)cc2)c(=O)n1-c1ccccc1. The van der Waals surface area contributed by atoms with Gasteiger partial charge in [0.2, 0.25) is 0 Å². The molecule has 1 aromatic heterocycles. The van der Waals surface area contributed by atoms with Gasteiger partial charge in [0.05, 0.1) is 11.4 Å². The van der Waals surface area contributed by atoms with Gasteiger partial charge in [-0.1, -0.05) is 41.4 Å². The number of nitriles is 1. The zero-order valence-electron chi connectivity index (χ0n) is 11.2. The first kappa shape index (κ1) is 14.5. The highest BCUT2D eigenvalue weighted by Gasteiger charge is 2.20. The number of para-hydroxylation sites is 1. The summed E-state index contributed by atoms with van der Waals surface area (Å²) in [7, 11) is 0. The second-order valence-corrected chi connectivity index (χ2v) is 5.31. The van der Waals surface area contributed by atoms with E-state index in [-0.39, 0.29) is 10.8 Å². The van der Waals surface area contributed by atoms with E-state index < -0.39 is 5.69 Å². The van der Waals surface area contributed by atoms with Crippen molar-refractivity contribution < 1.29 is 0 Å². The van der Waals surface area contributed by atoms with Crippen LogP contribution >= 0.6 is 23.2 Å². The standard InChI is InChI=1S/C16H9Cl2N3O/c17-11-6-8-13(9-7-11)21-15(18)14(10-19)20(16(21)22)12-4-2-1-3-5-12/h1-9H. The number of halogens is 2. The van der Waals surface area contributed by atoms with Gasteiger partial charge in [-0.15, -0.1) is 0 Å². The molecule has 0 atom stereocenters. The van der Waals surface area contributed by atoms with Crippen molar-refractivity contribution >= 4 is 23.2 Å². The first-order valence-electron chi connectivity index (χ1n) is 6.38. The summed E-state index contributed by atoms with van der Waals surface area (Å²) in [5, 5.41) is 9.98. The molecule has 0 fully saturated rings. The molecule has 22 heavy (non-hydrogen) atoms. The molecule has 108 valence electrons. The summed E-state index contributed by atoms with van der Waals surface area (Å²) in [6.45, 7) is 0. The highest BCUT2D eigenvalue weighted by molar-refractivity contribution is 6.31. The van der Waals surface area contributed by atoms with Crippen molar-refractivity contribution in [1.29, 1.82) is 5.26 Å². The summed E-state index contributed by atoms with van der Waals surface area (Å²) in [6.07, 6.45) is 0. The predicted molar refractivity (Wildman–Crippen MR) is 86.1 cm³/mol. The van der Waals surface area contributed by atoms with Crippen LogP contribution in [0.5, 0.6) is 0 Å². The molecule has 0 aliphatic heterocycles. The molecule has 4 nitrogen and oxygen atoms in total. The molecule has 0 amide bonds. The van der Waals surface area contributed by atoms with E-state index in [2.05, 4.69) is 0 Å². The van der Waals surface area contributed by atoms with E-state index in [1.165, 1.54) is 9.13 Å². The van der Waals surface area contributed by atoms with Crippen molar-refractivity contribution in [3.8, 4) is 17.4 Å². The third kappa shape index (κ3) is 2.31. The van der Waals surface area contributed by atoms with Crippen LogP contribution in [0.25, 0.3) is 11.4 Å². The van der Waals surface area contributed by atoms with Gasteiger partial charge in [-0.05, 0) is 36.4 Å². The normalized spacial score (nSPS) is 10.4. The highest BCUT2D eigenvalue weighted by atomic mass is 35.5. The summed E-state index contributed by atoms with van der Waals surface area (Å²) < 4.78 is 2.57. The second-order valence-electron chi connectivity index (χ2n) is 4.52. The maximum absolute atomic E-state index is 12.7. The summed E-state index contributed by atoms with van der Waals surface area (Å²) >= 11 is 12.1. The first-order valence-corrected chi connectivity index (χ1v) is 7.14. The summed E-state index contributed by atoms with van der Waals surface area (Å²) in [5.74, 6) is 0. The number of aromatic nitrogens is 2. The molecule has 0 saturated carbocycles. The van der Waals surface area contributed by atoms with Crippen LogP contribution in [-0.4, -0.2) is 9.13 Å². The fraction of sp³-hybridized carbons (Fsp3) is 0. The average Bonchev–Trinajstić information content (AvgIpc) is 2.79. The van der Waals surface area contributed by atoms with E-state index in [1.54, 1.807) is 48.5 Å². The molecule has 3 aromatic rings. The average molecular weight is 330 g/mol. The molecule has 1 heterocycles.